The van der Waals surface area contributed by atoms with Gasteiger partial charge in [-0.2, -0.15) is 0 Å². The normalized spacial score (nSPS) is 19.2. The first-order chi connectivity index (χ1) is 7.16. The molecule has 0 spiro atoms. The molecule has 0 N–H and O–H groups in total. The molecule has 0 aromatic heterocycles. The van der Waals surface area contributed by atoms with Gasteiger partial charge in [0.1, 0.15) is 5.75 Å². The average Bonchev–Trinajstić information content (AvgIpc) is 2.16. The smallest absolute Gasteiger partial charge is 0.312 e. The summed E-state index contributed by atoms with van der Waals surface area (Å²) >= 11 is 0. The van der Waals surface area contributed by atoms with Crippen LogP contribution in [-0.4, -0.2) is 17.4 Å². The number of carbonyl (C=O) groups excluding carboxylic acids is 1. The number of benzene rings is 1. The number of ether oxygens (including phenoxy) is 1. The number of para-hydroxylation sites is 1. The summed E-state index contributed by atoms with van der Waals surface area (Å²) in [6.07, 6.45) is 0.0813. The van der Waals surface area contributed by atoms with Crippen LogP contribution in [-0.2, 0) is 4.79 Å². The summed E-state index contributed by atoms with van der Waals surface area (Å²) in [6, 6.07) is 6.93. The van der Waals surface area contributed by atoms with Crippen molar-refractivity contribution >= 4 is 5.97 Å². The van der Waals surface area contributed by atoms with E-state index in [9.17, 15) is 14.9 Å². The Morgan fingerprint density at radius 1 is 1.47 bits per heavy atom. The molecule has 1 aliphatic rings. The number of rotatable bonds is 2. The van der Waals surface area contributed by atoms with Crippen LogP contribution in [0.2, 0.25) is 0 Å². The predicted molar refractivity (Wildman–Crippen MR) is 51.3 cm³/mol. The van der Waals surface area contributed by atoms with Gasteiger partial charge >= 0.3 is 5.97 Å². The van der Waals surface area contributed by atoms with E-state index in [0.29, 0.717) is 5.75 Å². The molecule has 1 unspecified atom stereocenters. The van der Waals surface area contributed by atoms with Gasteiger partial charge in [0.25, 0.3) is 0 Å². The highest BCUT2D eigenvalue weighted by molar-refractivity contribution is 5.76. The molecular formula is C10H9NO4. The van der Waals surface area contributed by atoms with Gasteiger partial charge in [0.2, 0.25) is 6.54 Å². The van der Waals surface area contributed by atoms with E-state index < -0.39 is 10.9 Å². The van der Waals surface area contributed by atoms with Gasteiger partial charge in [-0.1, -0.05) is 18.2 Å². The molecule has 5 nitrogen and oxygen atoms in total. The van der Waals surface area contributed by atoms with Crippen molar-refractivity contribution in [3.8, 4) is 5.75 Å². The lowest BCUT2D eigenvalue weighted by Gasteiger charge is -2.21. The number of esters is 1. The molecule has 1 aromatic carbocycles. The van der Waals surface area contributed by atoms with E-state index in [1.165, 1.54) is 0 Å². The Morgan fingerprint density at radius 3 is 2.93 bits per heavy atom. The van der Waals surface area contributed by atoms with E-state index in [0.717, 1.165) is 5.56 Å². The molecular weight excluding hydrogens is 198 g/mol. The van der Waals surface area contributed by atoms with Gasteiger partial charge in [-0.3, -0.25) is 14.9 Å². The van der Waals surface area contributed by atoms with Crippen LogP contribution < -0.4 is 4.74 Å². The number of hydrogen-bond acceptors (Lipinski definition) is 4. The molecule has 0 saturated heterocycles. The second-order valence-electron chi connectivity index (χ2n) is 3.43. The van der Waals surface area contributed by atoms with Crippen molar-refractivity contribution in [2.75, 3.05) is 6.54 Å². The highest BCUT2D eigenvalue weighted by Gasteiger charge is 2.30. The molecule has 15 heavy (non-hydrogen) atoms. The molecule has 1 aliphatic heterocycles. The minimum absolute atomic E-state index is 0.0813. The summed E-state index contributed by atoms with van der Waals surface area (Å²) < 4.78 is 4.98. The van der Waals surface area contributed by atoms with Crippen molar-refractivity contribution in [3.05, 3.63) is 39.9 Å². The molecule has 0 amide bonds. The topological polar surface area (TPSA) is 69.4 Å². The van der Waals surface area contributed by atoms with Crippen LogP contribution in [0.5, 0.6) is 5.75 Å². The van der Waals surface area contributed by atoms with Crippen LogP contribution in [0.1, 0.15) is 17.9 Å². The zero-order chi connectivity index (χ0) is 10.8. The molecule has 0 aliphatic carbocycles. The van der Waals surface area contributed by atoms with Gasteiger partial charge in [-0.05, 0) is 6.07 Å². The minimum atomic E-state index is -0.403. The Labute approximate surface area is 85.8 Å². The van der Waals surface area contributed by atoms with E-state index in [4.69, 9.17) is 4.74 Å². The van der Waals surface area contributed by atoms with Gasteiger partial charge < -0.3 is 4.74 Å². The Bertz CT molecular complexity index is 416. The number of hydrogen-bond donors (Lipinski definition) is 0. The van der Waals surface area contributed by atoms with Crippen molar-refractivity contribution in [1.29, 1.82) is 0 Å². The zero-order valence-electron chi connectivity index (χ0n) is 7.88. The van der Waals surface area contributed by atoms with Crippen molar-refractivity contribution in [2.45, 2.75) is 12.3 Å². The maximum Gasteiger partial charge on any atom is 0.312 e. The Kier molecular flexibility index (Phi) is 2.37. The first-order valence-electron chi connectivity index (χ1n) is 4.58. The third kappa shape index (κ3) is 1.96. The third-order valence-electron chi connectivity index (χ3n) is 2.37. The Morgan fingerprint density at radius 2 is 2.20 bits per heavy atom. The molecule has 5 heteroatoms. The van der Waals surface area contributed by atoms with Crippen LogP contribution in [0, 0.1) is 10.1 Å². The molecule has 0 bridgehead atoms. The molecule has 78 valence electrons. The van der Waals surface area contributed by atoms with Crippen LogP contribution in [0.15, 0.2) is 24.3 Å². The van der Waals surface area contributed by atoms with Gasteiger partial charge in [-0.15, -0.1) is 0 Å². The molecule has 1 atom stereocenters. The summed E-state index contributed by atoms with van der Waals surface area (Å²) in [7, 11) is 0. The average molecular weight is 207 g/mol. The van der Waals surface area contributed by atoms with E-state index in [1.54, 1.807) is 24.3 Å². The van der Waals surface area contributed by atoms with Gasteiger partial charge in [-0.25, -0.2) is 0 Å². The van der Waals surface area contributed by atoms with Gasteiger partial charge in [0.05, 0.1) is 12.3 Å². The fraction of sp³-hybridized carbons (Fsp3) is 0.300. The summed E-state index contributed by atoms with van der Waals surface area (Å²) in [6.45, 7) is -0.230. The number of fused-ring (bicyclic) bond motifs is 1. The predicted octanol–water partition coefficient (Wildman–Crippen LogP) is 1.36. The van der Waals surface area contributed by atoms with E-state index in [1.807, 2.05) is 0 Å². The molecule has 2 rings (SSSR count). The van der Waals surface area contributed by atoms with Crippen LogP contribution >= 0.6 is 0 Å². The fourth-order valence-electron chi connectivity index (χ4n) is 1.73. The zero-order valence-corrected chi connectivity index (χ0v) is 7.88. The summed E-state index contributed by atoms with van der Waals surface area (Å²) in [5.74, 6) is -0.321. The lowest BCUT2D eigenvalue weighted by molar-refractivity contribution is -0.483. The summed E-state index contributed by atoms with van der Waals surface area (Å²) in [4.78, 5) is 21.2. The van der Waals surface area contributed by atoms with Crippen LogP contribution in [0.4, 0.5) is 0 Å². The number of nitro groups is 1. The quantitative estimate of drug-likeness (QED) is 0.317. The van der Waals surface area contributed by atoms with E-state index in [2.05, 4.69) is 0 Å². The second kappa shape index (κ2) is 3.68. The summed E-state index contributed by atoms with van der Waals surface area (Å²) in [5, 5.41) is 10.4. The van der Waals surface area contributed by atoms with Crippen molar-refractivity contribution in [3.63, 3.8) is 0 Å². The van der Waals surface area contributed by atoms with Crippen molar-refractivity contribution < 1.29 is 14.5 Å². The van der Waals surface area contributed by atoms with Crippen LogP contribution in [0.3, 0.4) is 0 Å². The highest BCUT2D eigenvalue weighted by atomic mass is 16.6. The molecule has 1 aromatic rings. The standard InChI is InChI=1S/C10H9NO4/c12-10-5-7(6-11(13)14)8-3-1-2-4-9(8)15-10/h1-4,7H,5-6H2. The van der Waals surface area contributed by atoms with E-state index in [-0.39, 0.29) is 18.9 Å². The summed E-state index contributed by atoms with van der Waals surface area (Å²) in [5.41, 5.74) is 0.744. The highest BCUT2D eigenvalue weighted by Crippen LogP contribution is 2.33. The number of carbonyl (C=O) groups is 1. The second-order valence-corrected chi connectivity index (χ2v) is 3.43. The van der Waals surface area contributed by atoms with Gasteiger partial charge in [0.15, 0.2) is 0 Å². The fourth-order valence-corrected chi connectivity index (χ4v) is 1.73. The molecule has 0 radical (unpaired) electrons. The van der Waals surface area contributed by atoms with Crippen LogP contribution in [0.25, 0.3) is 0 Å². The molecule has 1 heterocycles. The molecule has 0 saturated carbocycles. The maximum absolute atomic E-state index is 11.2. The minimum Gasteiger partial charge on any atom is -0.426 e. The third-order valence-corrected chi connectivity index (χ3v) is 2.37. The Hall–Kier alpha value is -1.91. The lowest BCUT2D eigenvalue weighted by atomic mass is 9.93. The SMILES string of the molecule is O=C1CC(C[N+](=O)[O-])c2ccccc2O1. The first-order valence-corrected chi connectivity index (χ1v) is 4.58. The van der Waals surface area contributed by atoms with Crippen molar-refractivity contribution in [1.82, 2.24) is 0 Å². The first kappa shape index (κ1) is 9.64. The number of nitrogens with zero attached hydrogens (tertiary/aromatic N) is 1. The monoisotopic (exact) mass is 207 g/mol. The van der Waals surface area contributed by atoms with Crippen molar-refractivity contribution in [2.24, 2.45) is 0 Å². The molecule has 0 fully saturated rings. The van der Waals surface area contributed by atoms with E-state index >= 15 is 0 Å². The van der Waals surface area contributed by atoms with Gasteiger partial charge in [0, 0.05) is 10.5 Å². The maximum atomic E-state index is 11.2. The largest absolute Gasteiger partial charge is 0.426 e. The Balaban J connectivity index is 2.33. The lowest BCUT2D eigenvalue weighted by Crippen LogP contribution is -2.24.